The van der Waals surface area contributed by atoms with Gasteiger partial charge in [-0.25, -0.2) is 0 Å². The summed E-state index contributed by atoms with van der Waals surface area (Å²) in [7, 11) is 0. The fourth-order valence-corrected chi connectivity index (χ4v) is 2.61. The number of benzene rings is 1. The van der Waals surface area contributed by atoms with Gasteiger partial charge in [-0.05, 0) is 42.3 Å². The van der Waals surface area contributed by atoms with Gasteiger partial charge in [0.2, 0.25) is 0 Å². The maximum Gasteiger partial charge on any atom is 0.00720 e. The summed E-state index contributed by atoms with van der Waals surface area (Å²) in [5.41, 5.74) is 1.43. The van der Waals surface area contributed by atoms with Gasteiger partial charge in [-0.1, -0.05) is 19.1 Å². The van der Waals surface area contributed by atoms with Gasteiger partial charge in [0, 0.05) is 24.5 Å². The Balaban J connectivity index is 1.63. The first-order chi connectivity index (χ1) is 8.38. The van der Waals surface area contributed by atoms with Crippen molar-refractivity contribution < 1.29 is 0 Å². The van der Waals surface area contributed by atoms with E-state index in [1.807, 2.05) is 11.8 Å². The largest absolute Gasteiger partial charge is 0.316 e. The maximum absolute atomic E-state index is 3.53. The molecule has 2 N–H and O–H groups in total. The molecule has 0 aliphatic carbocycles. The molecule has 2 rings (SSSR count). The Morgan fingerprint density at radius 1 is 1.29 bits per heavy atom. The first kappa shape index (κ1) is 12.9. The number of thioether (sulfide) groups is 1. The Morgan fingerprint density at radius 3 is 2.65 bits per heavy atom. The molecule has 1 aromatic rings. The van der Waals surface area contributed by atoms with E-state index in [-0.39, 0.29) is 0 Å². The molecule has 1 aliphatic rings. The Bertz CT molecular complexity index is 319. The molecule has 0 spiro atoms. The van der Waals surface area contributed by atoms with E-state index in [2.05, 4.69) is 41.8 Å². The predicted molar refractivity (Wildman–Crippen MR) is 75.8 cm³/mol. The van der Waals surface area contributed by atoms with E-state index >= 15 is 0 Å². The third kappa shape index (κ3) is 4.34. The average molecular weight is 250 g/mol. The molecule has 0 atom stereocenters. The van der Waals surface area contributed by atoms with Crippen molar-refractivity contribution >= 4 is 11.8 Å². The number of rotatable bonds is 7. The Morgan fingerprint density at radius 2 is 2.06 bits per heavy atom. The fourth-order valence-electron chi connectivity index (χ4n) is 1.95. The van der Waals surface area contributed by atoms with Crippen molar-refractivity contribution in [2.24, 2.45) is 5.92 Å². The highest BCUT2D eigenvalue weighted by Crippen LogP contribution is 2.17. The van der Waals surface area contributed by atoms with E-state index in [9.17, 15) is 0 Å². The molecule has 17 heavy (non-hydrogen) atoms. The molecular weight excluding hydrogens is 228 g/mol. The molecular formula is C14H22N2S. The highest BCUT2D eigenvalue weighted by Gasteiger charge is 2.15. The Hall–Kier alpha value is -0.510. The van der Waals surface area contributed by atoms with Gasteiger partial charge >= 0.3 is 0 Å². The lowest BCUT2D eigenvalue weighted by molar-refractivity contribution is 0.333. The van der Waals surface area contributed by atoms with Crippen molar-refractivity contribution in [2.75, 3.05) is 31.9 Å². The first-order valence-electron chi connectivity index (χ1n) is 6.51. The second kappa shape index (κ2) is 7.04. The van der Waals surface area contributed by atoms with Gasteiger partial charge in [0.1, 0.15) is 0 Å². The molecule has 1 fully saturated rings. The van der Waals surface area contributed by atoms with E-state index in [1.54, 1.807) is 0 Å². The van der Waals surface area contributed by atoms with Gasteiger partial charge in [0.25, 0.3) is 0 Å². The van der Waals surface area contributed by atoms with Gasteiger partial charge in [-0.3, -0.25) is 0 Å². The smallest absolute Gasteiger partial charge is 0.00720 e. The molecule has 1 heterocycles. The summed E-state index contributed by atoms with van der Waals surface area (Å²) < 4.78 is 0. The van der Waals surface area contributed by atoms with Crippen LogP contribution in [0.3, 0.4) is 0 Å². The van der Waals surface area contributed by atoms with Crippen LogP contribution in [0.2, 0.25) is 0 Å². The van der Waals surface area contributed by atoms with Crippen LogP contribution in [0.25, 0.3) is 0 Å². The maximum atomic E-state index is 3.53. The highest BCUT2D eigenvalue weighted by molar-refractivity contribution is 7.99. The van der Waals surface area contributed by atoms with Crippen molar-refractivity contribution in [1.82, 2.24) is 10.6 Å². The minimum atomic E-state index is 0.860. The van der Waals surface area contributed by atoms with Crippen molar-refractivity contribution in [3.8, 4) is 0 Å². The number of hydrogen-bond acceptors (Lipinski definition) is 3. The van der Waals surface area contributed by atoms with E-state index in [4.69, 9.17) is 0 Å². The molecule has 0 amide bonds. The minimum Gasteiger partial charge on any atom is -0.316 e. The molecule has 0 aromatic heterocycles. The van der Waals surface area contributed by atoms with Gasteiger partial charge in [0.05, 0.1) is 0 Å². The normalized spacial score (nSPS) is 15.8. The second-order valence-electron chi connectivity index (χ2n) is 4.56. The van der Waals surface area contributed by atoms with E-state index in [0.29, 0.717) is 0 Å². The second-order valence-corrected chi connectivity index (χ2v) is 5.89. The van der Waals surface area contributed by atoms with Crippen LogP contribution in [0.15, 0.2) is 29.2 Å². The molecule has 0 radical (unpaired) electrons. The van der Waals surface area contributed by atoms with Crippen LogP contribution in [0.5, 0.6) is 0 Å². The zero-order valence-corrected chi connectivity index (χ0v) is 11.4. The summed E-state index contributed by atoms with van der Waals surface area (Å²) in [5.74, 6) is 2.01. The molecule has 2 nitrogen and oxygen atoms in total. The molecule has 0 saturated carbocycles. The third-order valence-electron chi connectivity index (χ3n) is 3.12. The van der Waals surface area contributed by atoms with E-state index in [1.165, 1.54) is 23.5 Å². The van der Waals surface area contributed by atoms with Crippen LogP contribution in [-0.4, -0.2) is 31.9 Å². The van der Waals surface area contributed by atoms with Gasteiger partial charge in [-0.15, -0.1) is 11.8 Å². The zero-order chi connectivity index (χ0) is 11.9. The predicted octanol–water partition coefficient (Wildman–Crippen LogP) is 2.15. The number of nitrogens with one attached hydrogen (secondary N) is 2. The topological polar surface area (TPSA) is 24.1 Å². The van der Waals surface area contributed by atoms with Crippen molar-refractivity contribution in [3.05, 3.63) is 29.8 Å². The quantitative estimate of drug-likeness (QED) is 0.573. The third-order valence-corrected chi connectivity index (χ3v) is 4.02. The lowest BCUT2D eigenvalue weighted by atomic mass is 10.0. The fraction of sp³-hybridized carbons (Fsp3) is 0.571. The molecule has 0 unspecified atom stereocenters. The summed E-state index contributed by atoms with van der Waals surface area (Å²) >= 11 is 1.90. The molecule has 94 valence electrons. The summed E-state index contributed by atoms with van der Waals surface area (Å²) in [6.07, 6.45) is 1.14. The van der Waals surface area contributed by atoms with Gasteiger partial charge < -0.3 is 10.6 Å². The van der Waals surface area contributed by atoms with Crippen LogP contribution >= 0.6 is 11.8 Å². The molecule has 1 aliphatic heterocycles. The van der Waals surface area contributed by atoms with Crippen LogP contribution in [-0.2, 0) is 6.42 Å². The molecule has 3 heteroatoms. The lowest BCUT2D eigenvalue weighted by Gasteiger charge is -2.27. The van der Waals surface area contributed by atoms with Crippen molar-refractivity contribution in [3.63, 3.8) is 0 Å². The average Bonchev–Trinajstić information content (AvgIpc) is 2.29. The minimum absolute atomic E-state index is 0.860. The summed E-state index contributed by atoms with van der Waals surface area (Å²) in [4.78, 5) is 1.38. The van der Waals surface area contributed by atoms with E-state index in [0.717, 1.165) is 31.2 Å². The SMILES string of the molecule is CCSc1ccc(CCNCC2CNC2)cc1. The summed E-state index contributed by atoms with van der Waals surface area (Å²) in [6, 6.07) is 8.98. The zero-order valence-electron chi connectivity index (χ0n) is 10.5. The molecule has 1 saturated heterocycles. The lowest BCUT2D eigenvalue weighted by Crippen LogP contribution is -2.47. The number of hydrogen-bond donors (Lipinski definition) is 2. The van der Waals surface area contributed by atoms with Crippen molar-refractivity contribution in [2.45, 2.75) is 18.2 Å². The van der Waals surface area contributed by atoms with Crippen LogP contribution in [0.1, 0.15) is 12.5 Å². The van der Waals surface area contributed by atoms with Crippen molar-refractivity contribution in [1.29, 1.82) is 0 Å². The molecule has 1 aromatic carbocycles. The highest BCUT2D eigenvalue weighted by atomic mass is 32.2. The Labute approximate surface area is 109 Å². The van der Waals surface area contributed by atoms with Crippen LogP contribution in [0, 0.1) is 5.92 Å². The van der Waals surface area contributed by atoms with Crippen LogP contribution in [0.4, 0.5) is 0 Å². The monoisotopic (exact) mass is 250 g/mol. The van der Waals surface area contributed by atoms with Gasteiger partial charge in [0.15, 0.2) is 0 Å². The molecule has 0 bridgehead atoms. The summed E-state index contributed by atoms with van der Waals surface area (Å²) in [5, 5.41) is 6.83. The standard InChI is InChI=1S/C14H22N2S/c1-2-17-14-5-3-12(4-6-14)7-8-15-9-13-10-16-11-13/h3-6,13,15-16H,2,7-11H2,1H3. The van der Waals surface area contributed by atoms with Crippen LogP contribution < -0.4 is 10.6 Å². The first-order valence-corrected chi connectivity index (χ1v) is 7.50. The Kier molecular flexibility index (Phi) is 5.36. The van der Waals surface area contributed by atoms with Gasteiger partial charge in [-0.2, -0.15) is 0 Å². The summed E-state index contributed by atoms with van der Waals surface area (Å²) in [6.45, 7) is 6.83. The van der Waals surface area contributed by atoms with E-state index < -0.39 is 0 Å².